The zero-order valence-corrected chi connectivity index (χ0v) is 9.57. The van der Waals surface area contributed by atoms with Crippen LogP contribution in [0.1, 0.15) is 32.6 Å². The molecule has 0 saturated heterocycles. The largest absolute Gasteiger partial charge is 0.317 e. The maximum Gasteiger partial charge on any atom is 0.211 e. The summed E-state index contributed by atoms with van der Waals surface area (Å²) in [7, 11) is -3.00. The fourth-order valence-corrected chi connectivity index (χ4v) is 2.59. The Labute approximate surface area is 86.5 Å². The van der Waals surface area contributed by atoms with Crippen molar-refractivity contribution in [1.82, 2.24) is 10.0 Å². The number of rotatable bonds is 8. The van der Waals surface area contributed by atoms with Gasteiger partial charge in [-0.3, -0.25) is 0 Å². The van der Waals surface area contributed by atoms with Crippen molar-refractivity contribution < 1.29 is 8.42 Å². The van der Waals surface area contributed by atoms with E-state index < -0.39 is 10.0 Å². The first-order valence-electron chi connectivity index (χ1n) is 5.35. The maximum atomic E-state index is 11.4. The molecule has 84 valence electrons. The van der Waals surface area contributed by atoms with Crippen LogP contribution in [0.3, 0.4) is 0 Å². The molecular weight excluding hydrogens is 200 g/mol. The van der Waals surface area contributed by atoms with Crippen LogP contribution in [0.2, 0.25) is 0 Å². The first kappa shape index (κ1) is 11.9. The first-order valence-corrected chi connectivity index (χ1v) is 7.00. The quantitative estimate of drug-likeness (QED) is 0.584. The van der Waals surface area contributed by atoms with Crippen LogP contribution in [0.5, 0.6) is 0 Å². The molecule has 4 nitrogen and oxygen atoms in total. The Morgan fingerprint density at radius 1 is 1.29 bits per heavy atom. The molecule has 1 aliphatic carbocycles. The van der Waals surface area contributed by atoms with Crippen molar-refractivity contribution in [3.05, 3.63) is 0 Å². The summed E-state index contributed by atoms with van der Waals surface area (Å²) in [5.41, 5.74) is 0. The topological polar surface area (TPSA) is 58.2 Å². The van der Waals surface area contributed by atoms with Gasteiger partial charge in [0, 0.05) is 6.04 Å². The average Bonchev–Trinajstić information content (AvgIpc) is 2.87. The number of nitrogens with one attached hydrogen (secondary N) is 2. The van der Waals surface area contributed by atoms with Gasteiger partial charge in [-0.15, -0.1) is 0 Å². The van der Waals surface area contributed by atoms with Gasteiger partial charge in [0.25, 0.3) is 0 Å². The van der Waals surface area contributed by atoms with Gasteiger partial charge in [-0.2, -0.15) is 0 Å². The van der Waals surface area contributed by atoms with Gasteiger partial charge >= 0.3 is 0 Å². The standard InChI is InChI=1S/C9H20N2O2S/c1-2-6-10-7-3-8-14(12,13)11-9-4-5-9/h9-11H,2-8H2,1H3. The molecule has 0 heterocycles. The molecule has 0 unspecified atom stereocenters. The Kier molecular flexibility index (Phi) is 4.84. The van der Waals surface area contributed by atoms with E-state index in [2.05, 4.69) is 17.0 Å². The molecule has 1 fully saturated rings. The molecule has 0 spiro atoms. The number of hydrogen-bond acceptors (Lipinski definition) is 3. The van der Waals surface area contributed by atoms with Crippen LogP contribution in [0, 0.1) is 0 Å². The lowest BCUT2D eigenvalue weighted by molar-refractivity contribution is 0.574. The van der Waals surface area contributed by atoms with Crippen LogP contribution >= 0.6 is 0 Å². The second-order valence-corrected chi connectivity index (χ2v) is 5.69. The maximum absolute atomic E-state index is 11.4. The second-order valence-electron chi connectivity index (χ2n) is 3.81. The van der Waals surface area contributed by atoms with Gasteiger partial charge in [-0.1, -0.05) is 6.92 Å². The Hall–Kier alpha value is -0.130. The third-order valence-corrected chi connectivity index (χ3v) is 3.64. The fraction of sp³-hybridized carbons (Fsp3) is 1.00. The van der Waals surface area contributed by atoms with E-state index in [1.54, 1.807) is 0 Å². The van der Waals surface area contributed by atoms with Gasteiger partial charge in [0.05, 0.1) is 5.75 Å². The Bertz CT molecular complexity index is 248. The van der Waals surface area contributed by atoms with E-state index in [-0.39, 0.29) is 11.8 Å². The van der Waals surface area contributed by atoms with E-state index in [4.69, 9.17) is 0 Å². The third-order valence-electron chi connectivity index (χ3n) is 2.12. The fourth-order valence-electron chi connectivity index (χ4n) is 1.20. The number of sulfonamides is 1. The monoisotopic (exact) mass is 220 g/mol. The minimum atomic E-state index is -3.00. The van der Waals surface area contributed by atoms with E-state index in [1.807, 2.05) is 0 Å². The summed E-state index contributed by atoms with van der Waals surface area (Å²) in [6, 6.07) is 0.239. The van der Waals surface area contributed by atoms with Crippen molar-refractivity contribution in [2.45, 2.75) is 38.6 Å². The molecule has 0 aromatic carbocycles. The second kappa shape index (κ2) is 5.68. The van der Waals surface area contributed by atoms with Gasteiger partial charge in [-0.05, 0) is 38.8 Å². The lowest BCUT2D eigenvalue weighted by atomic mass is 10.4. The molecular formula is C9H20N2O2S. The molecule has 5 heteroatoms. The van der Waals surface area contributed by atoms with Crippen molar-refractivity contribution in [3.63, 3.8) is 0 Å². The lowest BCUT2D eigenvalue weighted by Crippen LogP contribution is -2.30. The molecule has 2 N–H and O–H groups in total. The zero-order valence-electron chi connectivity index (χ0n) is 8.75. The smallest absolute Gasteiger partial charge is 0.211 e. The molecule has 0 amide bonds. The van der Waals surface area contributed by atoms with E-state index in [9.17, 15) is 8.42 Å². The summed E-state index contributed by atoms with van der Waals surface area (Å²) >= 11 is 0. The van der Waals surface area contributed by atoms with Crippen molar-refractivity contribution in [2.75, 3.05) is 18.8 Å². The predicted molar refractivity (Wildman–Crippen MR) is 57.7 cm³/mol. The summed E-state index contributed by atoms with van der Waals surface area (Å²) < 4.78 is 25.4. The van der Waals surface area contributed by atoms with E-state index >= 15 is 0 Å². The van der Waals surface area contributed by atoms with E-state index in [1.165, 1.54) is 0 Å². The summed E-state index contributed by atoms with van der Waals surface area (Å²) in [6.45, 7) is 3.86. The van der Waals surface area contributed by atoms with Crippen LogP contribution in [-0.4, -0.2) is 33.3 Å². The summed E-state index contributed by atoms with van der Waals surface area (Å²) in [6.07, 6.45) is 3.80. The molecule has 0 radical (unpaired) electrons. The summed E-state index contributed by atoms with van der Waals surface area (Å²) in [4.78, 5) is 0. The van der Waals surface area contributed by atoms with Gasteiger partial charge in [-0.25, -0.2) is 13.1 Å². The van der Waals surface area contributed by atoms with E-state index in [0.29, 0.717) is 6.42 Å². The Balaban J connectivity index is 2.03. The van der Waals surface area contributed by atoms with Crippen LogP contribution in [0.25, 0.3) is 0 Å². The minimum Gasteiger partial charge on any atom is -0.317 e. The highest BCUT2D eigenvalue weighted by Gasteiger charge is 2.26. The summed E-state index contributed by atoms with van der Waals surface area (Å²) in [5, 5.41) is 3.18. The van der Waals surface area contributed by atoms with E-state index in [0.717, 1.165) is 32.4 Å². The van der Waals surface area contributed by atoms with Gasteiger partial charge < -0.3 is 5.32 Å². The molecule has 1 aliphatic rings. The lowest BCUT2D eigenvalue weighted by Gasteiger charge is -2.05. The molecule has 0 aliphatic heterocycles. The highest BCUT2D eigenvalue weighted by Crippen LogP contribution is 2.19. The molecule has 0 aromatic rings. The predicted octanol–water partition coefficient (Wildman–Crippen LogP) is 0.458. The van der Waals surface area contributed by atoms with Crippen molar-refractivity contribution in [1.29, 1.82) is 0 Å². The highest BCUT2D eigenvalue weighted by molar-refractivity contribution is 7.89. The van der Waals surface area contributed by atoms with Crippen LogP contribution in [0.15, 0.2) is 0 Å². The molecule has 0 bridgehead atoms. The Morgan fingerprint density at radius 3 is 2.57 bits per heavy atom. The van der Waals surface area contributed by atoms with Crippen LogP contribution < -0.4 is 10.0 Å². The molecule has 1 rings (SSSR count). The third kappa shape index (κ3) is 5.57. The zero-order chi connectivity index (χ0) is 10.4. The summed E-state index contributed by atoms with van der Waals surface area (Å²) in [5.74, 6) is 0.250. The molecule has 0 aromatic heterocycles. The normalized spacial score (nSPS) is 17.2. The first-order chi connectivity index (χ1) is 6.64. The van der Waals surface area contributed by atoms with Gasteiger partial charge in [0.1, 0.15) is 0 Å². The van der Waals surface area contributed by atoms with Crippen molar-refractivity contribution in [3.8, 4) is 0 Å². The van der Waals surface area contributed by atoms with Gasteiger partial charge in [0.2, 0.25) is 10.0 Å². The van der Waals surface area contributed by atoms with Crippen molar-refractivity contribution >= 4 is 10.0 Å². The minimum absolute atomic E-state index is 0.239. The van der Waals surface area contributed by atoms with Crippen LogP contribution in [-0.2, 0) is 10.0 Å². The van der Waals surface area contributed by atoms with Crippen molar-refractivity contribution in [2.24, 2.45) is 0 Å². The average molecular weight is 220 g/mol. The number of hydrogen-bond donors (Lipinski definition) is 2. The SMILES string of the molecule is CCCNCCCS(=O)(=O)NC1CC1. The molecule has 0 atom stereocenters. The Morgan fingerprint density at radius 2 is 2.00 bits per heavy atom. The molecule has 1 saturated carbocycles. The highest BCUT2D eigenvalue weighted by atomic mass is 32.2. The van der Waals surface area contributed by atoms with Gasteiger partial charge in [0.15, 0.2) is 0 Å². The molecule has 14 heavy (non-hydrogen) atoms. The van der Waals surface area contributed by atoms with Crippen LogP contribution in [0.4, 0.5) is 0 Å².